The summed E-state index contributed by atoms with van der Waals surface area (Å²) in [5.41, 5.74) is 3.56. The molecular weight excluding hydrogens is 270 g/mol. The van der Waals surface area contributed by atoms with Crippen LogP contribution in [0.2, 0.25) is 0 Å². The van der Waals surface area contributed by atoms with E-state index in [2.05, 4.69) is 24.1 Å². The van der Waals surface area contributed by atoms with Crippen LogP contribution in [-0.2, 0) is 0 Å². The summed E-state index contributed by atoms with van der Waals surface area (Å²) in [4.78, 5) is 12.1. The van der Waals surface area contributed by atoms with Crippen LogP contribution >= 0.6 is 0 Å². The highest BCUT2D eigenvalue weighted by Gasteiger charge is 2.05. The molecule has 0 aliphatic carbocycles. The van der Waals surface area contributed by atoms with Gasteiger partial charge in [-0.3, -0.25) is 4.79 Å². The van der Waals surface area contributed by atoms with Crippen LogP contribution in [-0.4, -0.2) is 5.91 Å². The van der Waals surface area contributed by atoms with Gasteiger partial charge in [0.25, 0.3) is 5.91 Å². The first-order chi connectivity index (χ1) is 10.7. The zero-order valence-electron chi connectivity index (χ0n) is 13.1. The molecule has 0 saturated carbocycles. The topological polar surface area (TPSA) is 29.1 Å². The Bertz CT molecular complexity index is 672. The molecule has 0 aliphatic heterocycles. The van der Waals surface area contributed by atoms with Crippen molar-refractivity contribution in [3.63, 3.8) is 0 Å². The zero-order chi connectivity index (χ0) is 15.8. The average Bonchev–Trinajstić information content (AvgIpc) is 2.54. The summed E-state index contributed by atoms with van der Waals surface area (Å²) in [6.07, 6.45) is 3.23. The fourth-order valence-electron chi connectivity index (χ4n) is 1.97. The first-order valence-corrected chi connectivity index (χ1v) is 7.66. The van der Waals surface area contributed by atoms with E-state index in [1.165, 1.54) is 6.42 Å². The summed E-state index contributed by atoms with van der Waals surface area (Å²) in [7, 11) is 0. The molecule has 2 nitrogen and oxygen atoms in total. The highest BCUT2D eigenvalue weighted by atomic mass is 16.1. The van der Waals surface area contributed by atoms with Crippen molar-refractivity contribution in [2.75, 3.05) is 5.32 Å². The molecule has 0 radical (unpaired) electrons. The summed E-state index contributed by atoms with van der Waals surface area (Å²) in [5, 5.41) is 2.89. The van der Waals surface area contributed by atoms with Crippen molar-refractivity contribution in [3.8, 4) is 11.8 Å². The van der Waals surface area contributed by atoms with Gasteiger partial charge in [0.15, 0.2) is 0 Å². The highest BCUT2D eigenvalue weighted by Crippen LogP contribution is 2.11. The summed E-state index contributed by atoms with van der Waals surface area (Å²) in [6.45, 7) is 4.16. The van der Waals surface area contributed by atoms with Crippen LogP contribution in [0.3, 0.4) is 0 Å². The quantitative estimate of drug-likeness (QED) is 0.637. The summed E-state index contributed by atoms with van der Waals surface area (Å²) >= 11 is 0. The maximum Gasteiger partial charge on any atom is 0.255 e. The second kappa shape index (κ2) is 8.05. The lowest BCUT2D eigenvalue weighted by molar-refractivity contribution is 0.102. The van der Waals surface area contributed by atoms with Gasteiger partial charge in [0.2, 0.25) is 0 Å². The fourth-order valence-corrected chi connectivity index (χ4v) is 1.97. The number of rotatable bonds is 4. The van der Waals surface area contributed by atoms with E-state index in [0.29, 0.717) is 5.56 Å². The van der Waals surface area contributed by atoms with E-state index in [4.69, 9.17) is 0 Å². The maximum atomic E-state index is 12.1. The number of anilines is 1. The van der Waals surface area contributed by atoms with Crippen molar-refractivity contribution in [1.29, 1.82) is 0 Å². The van der Waals surface area contributed by atoms with Gasteiger partial charge in [0, 0.05) is 23.2 Å². The van der Waals surface area contributed by atoms with Gasteiger partial charge in [0.05, 0.1) is 0 Å². The normalized spacial score (nSPS) is 9.73. The molecule has 2 heteroatoms. The molecule has 0 aliphatic rings. The summed E-state index contributed by atoms with van der Waals surface area (Å²) < 4.78 is 0. The van der Waals surface area contributed by atoms with Crippen LogP contribution in [0, 0.1) is 18.8 Å². The predicted molar refractivity (Wildman–Crippen MR) is 92.0 cm³/mol. The van der Waals surface area contributed by atoms with Gasteiger partial charge in [-0.25, -0.2) is 0 Å². The van der Waals surface area contributed by atoms with Gasteiger partial charge in [-0.1, -0.05) is 42.9 Å². The first-order valence-electron chi connectivity index (χ1n) is 7.66. The van der Waals surface area contributed by atoms with Crippen LogP contribution in [0.25, 0.3) is 0 Å². The van der Waals surface area contributed by atoms with E-state index in [0.717, 1.165) is 29.7 Å². The predicted octanol–water partition coefficient (Wildman–Crippen LogP) is 4.79. The van der Waals surface area contributed by atoms with Crippen molar-refractivity contribution in [1.82, 2.24) is 0 Å². The highest BCUT2D eigenvalue weighted by molar-refractivity contribution is 6.04. The zero-order valence-corrected chi connectivity index (χ0v) is 13.1. The van der Waals surface area contributed by atoms with Crippen LogP contribution < -0.4 is 5.32 Å². The third kappa shape index (κ3) is 4.79. The first kappa shape index (κ1) is 15.9. The molecular formula is C20H21NO. The van der Waals surface area contributed by atoms with Crippen LogP contribution in [0.15, 0.2) is 48.5 Å². The van der Waals surface area contributed by atoms with Crippen molar-refractivity contribution >= 4 is 11.6 Å². The number of hydrogen-bond donors (Lipinski definition) is 1. The van der Waals surface area contributed by atoms with E-state index in [9.17, 15) is 4.79 Å². The maximum absolute atomic E-state index is 12.1. The largest absolute Gasteiger partial charge is 0.322 e. The molecule has 0 atom stereocenters. The second-order valence-corrected chi connectivity index (χ2v) is 5.30. The Balaban J connectivity index is 1.97. The van der Waals surface area contributed by atoms with Gasteiger partial charge in [-0.15, -0.1) is 0 Å². The van der Waals surface area contributed by atoms with Crippen molar-refractivity contribution < 1.29 is 4.79 Å². The fraction of sp³-hybridized carbons (Fsp3) is 0.250. The molecule has 22 heavy (non-hydrogen) atoms. The lowest BCUT2D eigenvalue weighted by Crippen LogP contribution is -2.11. The number of carbonyl (C=O) groups is 1. The van der Waals surface area contributed by atoms with Crippen molar-refractivity contribution in [2.45, 2.75) is 33.1 Å². The number of hydrogen-bond acceptors (Lipinski definition) is 1. The van der Waals surface area contributed by atoms with Crippen LogP contribution in [0.4, 0.5) is 5.69 Å². The van der Waals surface area contributed by atoms with Gasteiger partial charge in [0.1, 0.15) is 0 Å². The number of nitrogens with one attached hydrogen (secondary N) is 1. The Morgan fingerprint density at radius 2 is 1.73 bits per heavy atom. The van der Waals surface area contributed by atoms with Crippen molar-refractivity contribution in [2.24, 2.45) is 0 Å². The van der Waals surface area contributed by atoms with Gasteiger partial charge >= 0.3 is 0 Å². The molecule has 1 amide bonds. The molecule has 2 rings (SSSR count). The smallest absolute Gasteiger partial charge is 0.255 e. The van der Waals surface area contributed by atoms with E-state index in [-0.39, 0.29) is 5.91 Å². The second-order valence-electron chi connectivity index (χ2n) is 5.30. The third-order valence-corrected chi connectivity index (χ3v) is 3.34. The molecule has 0 spiro atoms. The summed E-state index contributed by atoms with van der Waals surface area (Å²) in [6, 6.07) is 15.2. The van der Waals surface area contributed by atoms with E-state index >= 15 is 0 Å². The molecule has 0 fully saturated rings. The number of aryl methyl sites for hydroxylation is 1. The van der Waals surface area contributed by atoms with E-state index in [1.54, 1.807) is 0 Å². The van der Waals surface area contributed by atoms with Crippen LogP contribution in [0.5, 0.6) is 0 Å². The minimum atomic E-state index is -0.0956. The molecule has 0 bridgehead atoms. The number of carbonyl (C=O) groups excluding carboxylic acids is 1. The van der Waals surface area contributed by atoms with E-state index in [1.807, 2.05) is 55.5 Å². The molecule has 0 saturated heterocycles. The molecule has 0 unspecified atom stereocenters. The van der Waals surface area contributed by atoms with Gasteiger partial charge in [-0.2, -0.15) is 0 Å². The third-order valence-electron chi connectivity index (χ3n) is 3.34. The molecule has 0 aromatic heterocycles. The standard InChI is InChI=1S/C20H21NO/c1-3-4-5-6-7-17-10-14-19(15-11-17)21-20(22)18-12-8-16(2)9-13-18/h8-15H,3-5H2,1-2H3,(H,21,22). The number of unbranched alkanes of at least 4 members (excludes halogenated alkanes) is 2. The monoisotopic (exact) mass is 291 g/mol. The average molecular weight is 291 g/mol. The molecule has 112 valence electrons. The number of benzene rings is 2. The van der Waals surface area contributed by atoms with Crippen LogP contribution in [0.1, 0.15) is 47.7 Å². The molecule has 2 aromatic rings. The van der Waals surface area contributed by atoms with E-state index < -0.39 is 0 Å². The minimum absolute atomic E-state index is 0.0956. The minimum Gasteiger partial charge on any atom is -0.322 e. The summed E-state index contributed by atoms with van der Waals surface area (Å²) in [5.74, 6) is 6.20. The molecule has 1 N–H and O–H groups in total. The Kier molecular flexibility index (Phi) is 5.80. The Morgan fingerprint density at radius 1 is 1.05 bits per heavy atom. The molecule has 0 heterocycles. The van der Waals surface area contributed by atoms with Gasteiger partial charge in [-0.05, 0) is 49.7 Å². The number of amides is 1. The Labute approximate surface area is 132 Å². The SMILES string of the molecule is CCCCC#Cc1ccc(NC(=O)c2ccc(C)cc2)cc1. The lowest BCUT2D eigenvalue weighted by atomic mass is 10.1. The molecule has 2 aromatic carbocycles. The Morgan fingerprint density at radius 3 is 2.36 bits per heavy atom. The lowest BCUT2D eigenvalue weighted by Gasteiger charge is -2.05. The Hall–Kier alpha value is -2.53. The van der Waals surface area contributed by atoms with Gasteiger partial charge < -0.3 is 5.32 Å². The van der Waals surface area contributed by atoms with Crippen molar-refractivity contribution in [3.05, 3.63) is 65.2 Å².